The number of imide groups is 1. The molecule has 130 valence electrons. The number of amides is 3. The van der Waals surface area contributed by atoms with E-state index in [0.717, 1.165) is 25.1 Å². The van der Waals surface area contributed by atoms with Gasteiger partial charge >= 0.3 is 6.03 Å². The van der Waals surface area contributed by atoms with Gasteiger partial charge in [-0.25, -0.2) is 13.2 Å². The second-order valence-electron chi connectivity index (χ2n) is 6.28. The van der Waals surface area contributed by atoms with Gasteiger partial charge in [0, 0.05) is 18.3 Å². The Morgan fingerprint density at radius 1 is 1.25 bits per heavy atom. The molecule has 0 spiro atoms. The molecule has 3 rings (SSSR count). The van der Waals surface area contributed by atoms with E-state index in [4.69, 9.17) is 0 Å². The maximum atomic E-state index is 12.1. The Labute approximate surface area is 141 Å². The van der Waals surface area contributed by atoms with Crippen LogP contribution in [0.1, 0.15) is 18.4 Å². The molecular weight excluding hydrogens is 330 g/mol. The molecule has 1 aromatic carbocycles. The summed E-state index contributed by atoms with van der Waals surface area (Å²) in [4.78, 5) is 25.9. The third kappa shape index (κ3) is 4.05. The molecule has 0 radical (unpaired) electrons. The quantitative estimate of drug-likeness (QED) is 0.824. The molecule has 1 fully saturated rings. The number of nitrogens with zero attached hydrogens (tertiary/aromatic N) is 1. The number of urea groups is 1. The summed E-state index contributed by atoms with van der Waals surface area (Å²) in [6.07, 6.45) is 2.35. The van der Waals surface area contributed by atoms with E-state index in [1.807, 2.05) is 29.2 Å². The number of para-hydroxylation sites is 1. The second kappa shape index (κ2) is 6.80. The Morgan fingerprint density at radius 2 is 2.04 bits per heavy atom. The lowest BCUT2D eigenvalue weighted by atomic mass is 10.0. The van der Waals surface area contributed by atoms with Gasteiger partial charge in [0.05, 0.1) is 18.1 Å². The number of hydrogen-bond donors (Lipinski definition) is 2. The van der Waals surface area contributed by atoms with Crippen molar-refractivity contribution in [2.75, 3.05) is 29.5 Å². The summed E-state index contributed by atoms with van der Waals surface area (Å²) in [6, 6.07) is 6.89. The number of aryl methyl sites for hydroxylation is 1. The average molecular weight is 351 g/mol. The van der Waals surface area contributed by atoms with Gasteiger partial charge in [-0.2, -0.15) is 0 Å². The summed E-state index contributed by atoms with van der Waals surface area (Å²) in [7, 11) is -3.06. The predicted octanol–water partition coefficient (Wildman–Crippen LogP) is 0.452. The third-order valence-electron chi connectivity index (χ3n) is 4.36. The molecule has 0 saturated carbocycles. The second-order valence-corrected chi connectivity index (χ2v) is 8.50. The van der Waals surface area contributed by atoms with E-state index in [2.05, 4.69) is 10.6 Å². The Morgan fingerprint density at radius 3 is 2.79 bits per heavy atom. The van der Waals surface area contributed by atoms with Crippen LogP contribution in [0.15, 0.2) is 24.3 Å². The summed E-state index contributed by atoms with van der Waals surface area (Å²) in [5.41, 5.74) is 2.23. The number of sulfone groups is 1. The highest BCUT2D eigenvalue weighted by Crippen LogP contribution is 2.26. The third-order valence-corrected chi connectivity index (χ3v) is 6.13. The Bertz CT molecular complexity index is 747. The van der Waals surface area contributed by atoms with Crippen LogP contribution in [0.5, 0.6) is 0 Å². The summed E-state index contributed by atoms with van der Waals surface area (Å²) in [5, 5.41) is 4.84. The number of benzene rings is 1. The molecule has 0 aromatic heterocycles. The topological polar surface area (TPSA) is 95.6 Å². The monoisotopic (exact) mass is 351 g/mol. The lowest BCUT2D eigenvalue weighted by Gasteiger charge is -2.30. The molecule has 1 atom stereocenters. The van der Waals surface area contributed by atoms with Gasteiger partial charge in [-0.1, -0.05) is 18.2 Å². The van der Waals surface area contributed by atoms with E-state index in [9.17, 15) is 18.0 Å². The van der Waals surface area contributed by atoms with E-state index in [1.54, 1.807) is 0 Å². The number of rotatable bonds is 3. The summed E-state index contributed by atoms with van der Waals surface area (Å²) < 4.78 is 22.8. The van der Waals surface area contributed by atoms with Crippen LogP contribution in [0.2, 0.25) is 0 Å². The molecule has 2 aliphatic rings. The highest BCUT2D eigenvalue weighted by Gasteiger charge is 2.29. The summed E-state index contributed by atoms with van der Waals surface area (Å²) in [6.45, 7) is 0.875. The van der Waals surface area contributed by atoms with Crippen molar-refractivity contribution in [3.8, 4) is 0 Å². The molecule has 2 N–H and O–H groups in total. The van der Waals surface area contributed by atoms with Crippen molar-refractivity contribution in [1.29, 1.82) is 0 Å². The molecule has 0 aliphatic carbocycles. The van der Waals surface area contributed by atoms with E-state index >= 15 is 0 Å². The molecule has 1 saturated heterocycles. The molecule has 1 aromatic rings. The zero-order chi connectivity index (χ0) is 17.2. The molecule has 0 unspecified atom stereocenters. The molecule has 3 amide bonds. The van der Waals surface area contributed by atoms with E-state index in [0.29, 0.717) is 6.42 Å². The minimum absolute atomic E-state index is 0.0614. The summed E-state index contributed by atoms with van der Waals surface area (Å²) in [5.74, 6) is -0.380. The number of nitrogens with one attached hydrogen (secondary N) is 2. The smallest absolute Gasteiger partial charge is 0.321 e. The molecule has 8 heteroatoms. The van der Waals surface area contributed by atoms with Crippen molar-refractivity contribution in [1.82, 2.24) is 10.6 Å². The fourth-order valence-corrected chi connectivity index (χ4v) is 4.92. The first-order chi connectivity index (χ1) is 11.4. The van der Waals surface area contributed by atoms with Crippen molar-refractivity contribution in [3.63, 3.8) is 0 Å². The predicted molar refractivity (Wildman–Crippen MR) is 90.7 cm³/mol. The number of carbonyl (C=O) groups is 2. The average Bonchev–Trinajstić information content (AvgIpc) is 2.86. The van der Waals surface area contributed by atoms with Crippen molar-refractivity contribution >= 4 is 27.5 Å². The minimum atomic E-state index is -3.06. The van der Waals surface area contributed by atoms with Crippen LogP contribution in [-0.4, -0.2) is 51.0 Å². The van der Waals surface area contributed by atoms with Crippen LogP contribution >= 0.6 is 0 Å². The lowest BCUT2D eigenvalue weighted by Crippen LogP contribution is -2.48. The van der Waals surface area contributed by atoms with Gasteiger partial charge in [0.2, 0.25) is 5.91 Å². The fourth-order valence-electron chi connectivity index (χ4n) is 3.25. The Kier molecular flexibility index (Phi) is 4.75. The Hall–Kier alpha value is -2.09. The van der Waals surface area contributed by atoms with Gasteiger partial charge in [-0.05, 0) is 30.9 Å². The van der Waals surface area contributed by atoms with Crippen molar-refractivity contribution in [2.24, 2.45) is 0 Å². The number of fused-ring (bicyclic) bond motifs is 1. The zero-order valence-corrected chi connectivity index (χ0v) is 14.1. The van der Waals surface area contributed by atoms with Gasteiger partial charge in [0.15, 0.2) is 9.84 Å². The zero-order valence-electron chi connectivity index (χ0n) is 13.3. The summed E-state index contributed by atoms with van der Waals surface area (Å²) >= 11 is 0. The first-order valence-electron chi connectivity index (χ1n) is 8.06. The van der Waals surface area contributed by atoms with Crippen LogP contribution in [0.3, 0.4) is 0 Å². The number of anilines is 1. The maximum Gasteiger partial charge on any atom is 0.321 e. The van der Waals surface area contributed by atoms with Gasteiger partial charge in [-0.15, -0.1) is 0 Å². The molecule has 24 heavy (non-hydrogen) atoms. The van der Waals surface area contributed by atoms with Crippen LogP contribution in [0, 0.1) is 0 Å². The van der Waals surface area contributed by atoms with Gasteiger partial charge in [0.1, 0.15) is 0 Å². The van der Waals surface area contributed by atoms with E-state index in [-0.39, 0.29) is 18.1 Å². The lowest BCUT2D eigenvalue weighted by molar-refractivity contribution is -0.118. The first-order valence-corrected chi connectivity index (χ1v) is 9.89. The standard InChI is InChI=1S/C16H21N3O4S/c20-15(18-16(21)17-13-7-9-24(22,23)11-13)10-19-8-3-5-12-4-1-2-6-14(12)19/h1-2,4,6,13H,3,5,7-11H2,(H2,17,18,20,21)/t13-/m0/s1. The first kappa shape index (κ1) is 16.8. The van der Waals surface area contributed by atoms with Crippen LogP contribution in [0.25, 0.3) is 0 Å². The van der Waals surface area contributed by atoms with E-state index in [1.165, 1.54) is 5.56 Å². The fraction of sp³-hybridized carbons (Fsp3) is 0.500. The molecule has 7 nitrogen and oxygen atoms in total. The van der Waals surface area contributed by atoms with Crippen LogP contribution in [0.4, 0.5) is 10.5 Å². The Balaban J connectivity index is 1.52. The number of hydrogen-bond acceptors (Lipinski definition) is 5. The molecule has 2 aliphatic heterocycles. The van der Waals surface area contributed by atoms with Crippen molar-refractivity contribution in [2.45, 2.75) is 25.3 Å². The van der Waals surface area contributed by atoms with Crippen LogP contribution in [-0.2, 0) is 21.1 Å². The SMILES string of the molecule is O=C(CN1CCCc2ccccc21)NC(=O)N[C@H]1CCS(=O)(=O)C1. The van der Waals surface area contributed by atoms with Crippen molar-refractivity contribution in [3.05, 3.63) is 29.8 Å². The molecule has 2 heterocycles. The minimum Gasteiger partial charge on any atom is -0.362 e. The van der Waals surface area contributed by atoms with Crippen molar-refractivity contribution < 1.29 is 18.0 Å². The largest absolute Gasteiger partial charge is 0.362 e. The van der Waals surface area contributed by atoms with Gasteiger partial charge in [-0.3, -0.25) is 10.1 Å². The molecule has 0 bridgehead atoms. The van der Waals surface area contributed by atoms with Gasteiger partial charge < -0.3 is 10.2 Å². The van der Waals surface area contributed by atoms with Gasteiger partial charge in [0.25, 0.3) is 0 Å². The van der Waals surface area contributed by atoms with Crippen LogP contribution < -0.4 is 15.5 Å². The number of carbonyl (C=O) groups excluding carboxylic acids is 2. The highest BCUT2D eigenvalue weighted by atomic mass is 32.2. The normalized spacial score (nSPS) is 21.8. The van der Waals surface area contributed by atoms with E-state index < -0.39 is 27.8 Å². The maximum absolute atomic E-state index is 12.1. The highest BCUT2D eigenvalue weighted by molar-refractivity contribution is 7.91. The molecular formula is C16H21N3O4S.